The van der Waals surface area contributed by atoms with Crippen LogP contribution in [0.15, 0.2) is 30.3 Å². The quantitative estimate of drug-likeness (QED) is 0.903. The summed E-state index contributed by atoms with van der Waals surface area (Å²) in [6, 6.07) is 13.2. The Balaban J connectivity index is 1.43. The summed E-state index contributed by atoms with van der Waals surface area (Å²) in [5.74, 6) is 0. The van der Waals surface area contributed by atoms with Crippen LogP contribution < -0.4 is 5.32 Å². The molecule has 0 bridgehead atoms. The molecule has 1 aromatic carbocycles. The highest BCUT2D eigenvalue weighted by molar-refractivity contribution is 5.36. The summed E-state index contributed by atoms with van der Waals surface area (Å²) in [4.78, 5) is 0. The molecule has 1 aromatic rings. The first-order valence-electron chi connectivity index (χ1n) is 8.14. The van der Waals surface area contributed by atoms with Gasteiger partial charge in [-0.3, -0.25) is 0 Å². The van der Waals surface area contributed by atoms with Gasteiger partial charge >= 0.3 is 0 Å². The maximum atomic E-state index is 9.54. The molecule has 1 aliphatic carbocycles. The van der Waals surface area contributed by atoms with Crippen molar-refractivity contribution in [3.05, 3.63) is 35.9 Å². The first-order valence-corrected chi connectivity index (χ1v) is 8.14. The van der Waals surface area contributed by atoms with Crippen molar-refractivity contribution in [3.8, 4) is 6.07 Å². The lowest BCUT2D eigenvalue weighted by atomic mass is 9.62. The summed E-state index contributed by atoms with van der Waals surface area (Å²) in [5.41, 5.74) is 0.904. The zero-order valence-electron chi connectivity index (χ0n) is 12.6. The van der Waals surface area contributed by atoms with E-state index in [1.807, 2.05) is 18.2 Å². The lowest BCUT2D eigenvalue weighted by Gasteiger charge is -2.43. The summed E-state index contributed by atoms with van der Waals surface area (Å²) in [6.45, 7) is 1.94. The summed E-state index contributed by atoms with van der Waals surface area (Å²) in [7, 11) is 0. The minimum atomic E-state index is -0.264. The number of ether oxygens (including phenoxy) is 1. The number of benzene rings is 1. The van der Waals surface area contributed by atoms with E-state index in [-0.39, 0.29) is 5.41 Å². The number of hydrogen-bond donors (Lipinski definition) is 1. The monoisotopic (exact) mass is 284 g/mol. The zero-order chi connectivity index (χ0) is 14.5. The third kappa shape index (κ3) is 3.28. The van der Waals surface area contributed by atoms with Gasteiger partial charge in [0.2, 0.25) is 0 Å². The Hall–Kier alpha value is -1.37. The van der Waals surface area contributed by atoms with Gasteiger partial charge in [-0.15, -0.1) is 0 Å². The molecule has 1 N–H and O–H groups in total. The summed E-state index contributed by atoms with van der Waals surface area (Å²) in [6.07, 6.45) is 7.13. The molecule has 1 unspecified atom stereocenters. The van der Waals surface area contributed by atoms with Crippen molar-refractivity contribution in [2.24, 2.45) is 0 Å². The summed E-state index contributed by atoms with van der Waals surface area (Å²) < 4.78 is 5.75. The molecule has 1 saturated carbocycles. The van der Waals surface area contributed by atoms with E-state index in [0.717, 1.165) is 32.4 Å². The summed E-state index contributed by atoms with van der Waals surface area (Å²) >= 11 is 0. The molecule has 0 spiro atoms. The smallest absolute Gasteiger partial charge is 0.0852 e. The Bertz CT molecular complexity index is 482. The van der Waals surface area contributed by atoms with E-state index in [4.69, 9.17) is 4.74 Å². The van der Waals surface area contributed by atoms with Gasteiger partial charge in [-0.05, 0) is 50.6 Å². The third-order valence-electron chi connectivity index (χ3n) is 4.90. The maximum absolute atomic E-state index is 9.54. The van der Waals surface area contributed by atoms with Crippen molar-refractivity contribution in [1.82, 2.24) is 5.32 Å². The van der Waals surface area contributed by atoms with Crippen LogP contribution >= 0.6 is 0 Å². The molecule has 3 nitrogen and oxygen atoms in total. The lowest BCUT2D eigenvalue weighted by molar-refractivity contribution is 0.0104. The number of nitrogens with one attached hydrogen (secondary N) is 1. The van der Waals surface area contributed by atoms with Gasteiger partial charge in [-0.25, -0.2) is 0 Å². The van der Waals surface area contributed by atoms with Crippen molar-refractivity contribution in [1.29, 1.82) is 5.26 Å². The van der Waals surface area contributed by atoms with Crippen molar-refractivity contribution >= 4 is 0 Å². The molecule has 112 valence electrons. The van der Waals surface area contributed by atoms with Crippen LogP contribution in [0, 0.1) is 11.3 Å². The molecule has 3 heteroatoms. The van der Waals surface area contributed by atoms with Crippen molar-refractivity contribution < 1.29 is 4.74 Å². The van der Waals surface area contributed by atoms with Gasteiger partial charge in [-0.2, -0.15) is 5.26 Å². The van der Waals surface area contributed by atoms with Crippen LogP contribution in [0.4, 0.5) is 0 Å². The van der Waals surface area contributed by atoms with E-state index >= 15 is 0 Å². The first kappa shape index (κ1) is 14.6. The highest BCUT2D eigenvalue weighted by atomic mass is 16.5. The molecule has 21 heavy (non-hydrogen) atoms. The van der Waals surface area contributed by atoms with Gasteiger partial charge < -0.3 is 10.1 Å². The second-order valence-corrected chi connectivity index (χ2v) is 6.40. The van der Waals surface area contributed by atoms with Crippen LogP contribution in [0.2, 0.25) is 0 Å². The highest BCUT2D eigenvalue weighted by Crippen LogP contribution is 2.43. The maximum Gasteiger partial charge on any atom is 0.0852 e. The second-order valence-electron chi connectivity index (χ2n) is 6.40. The van der Waals surface area contributed by atoms with Gasteiger partial charge in [0.1, 0.15) is 0 Å². The third-order valence-corrected chi connectivity index (χ3v) is 4.90. The Morgan fingerprint density at radius 2 is 2.05 bits per heavy atom. The molecule has 0 aromatic heterocycles. The zero-order valence-corrected chi connectivity index (χ0v) is 12.6. The van der Waals surface area contributed by atoms with E-state index in [1.54, 1.807) is 0 Å². The van der Waals surface area contributed by atoms with E-state index in [9.17, 15) is 5.26 Å². The predicted molar refractivity (Wildman–Crippen MR) is 83.0 cm³/mol. The molecular weight excluding hydrogens is 260 g/mol. The normalized spacial score (nSPS) is 32.1. The van der Waals surface area contributed by atoms with Crippen LogP contribution in [-0.4, -0.2) is 25.3 Å². The van der Waals surface area contributed by atoms with Crippen LogP contribution in [-0.2, 0) is 10.2 Å². The van der Waals surface area contributed by atoms with Crippen molar-refractivity contribution in [2.45, 2.75) is 56.1 Å². The fraction of sp³-hybridized carbons (Fsp3) is 0.611. The number of nitriles is 1. The molecule has 1 atom stereocenters. The Morgan fingerprint density at radius 3 is 2.71 bits per heavy atom. The fourth-order valence-electron chi connectivity index (χ4n) is 3.56. The average Bonchev–Trinajstić information content (AvgIpc) is 2.52. The van der Waals surface area contributed by atoms with Crippen LogP contribution in [0.3, 0.4) is 0 Å². The van der Waals surface area contributed by atoms with E-state index < -0.39 is 0 Å². The first-order chi connectivity index (χ1) is 10.3. The molecule has 2 fully saturated rings. The van der Waals surface area contributed by atoms with E-state index in [0.29, 0.717) is 12.1 Å². The number of rotatable bonds is 5. The standard InChI is InChI=1S/C18H24N2O/c19-14-18(15-6-2-1-3-7-15)12-16(13-18)20-10-9-17-8-4-5-11-21-17/h1-3,6-7,16-17,20H,4-5,8-13H2. The largest absolute Gasteiger partial charge is 0.378 e. The highest BCUT2D eigenvalue weighted by Gasteiger charge is 2.45. The van der Waals surface area contributed by atoms with Crippen LogP contribution in [0.5, 0.6) is 0 Å². The van der Waals surface area contributed by atoms with Gasteiger partial charge in [0.15, 0.2) is 0 Å². The minimum absolute atomic E-state index is 0.264. The van der Waals surface area contributed by atoms with E-state index in [2.05, 4.69) is 23.5 Å². The number of hydrogen-bond acceptors (Lipinski definition) is 3. The van der Waals surface area contributed by atoms with Crippen LogP contribution in [0.25, 0.3) is 0 Å². The molecule has 3 rings (SSSR count). The van der Waals surface area contributed by atoms with Gasteiger partial charge in [0.05, 0.1) is 17.6 Å². The fourth-order valence-corrected chi connectivity index (χ4v) is 3.56. The Morgan fingerprint density at radius 1 is 1.24 bits per heavy atom. The molecule has 1 aliphatic heterocycles. The molecule has 1 saturated heterocycles. The van der Waals surface area contributed by atoms with E-state index in [1.165, 1.54) is 24.8 Å². The molecule has 2 aliphatic rings. The van der Waals surface area contributed by atoms with Gasteiger partial charge in [0, 0.05) is 12.6 Å². The van der Waals surface area contributed by atoms with Crippen LogP contribution in [0.1, 0.15) is 44.1 Å². The Kier molecular flexibility index (Phi) is 4.57. The van der Waals surface area contributed by atoms with Gasteiger partial charge in [0.25, 0.3) is 0 Å². The number of nitrogens with zero attached hydrogens (tertiary/aromatic N) is 1. The minimum Gasteiger partial charge on any atom is -0.378 e. The topological polar surface area (TPSA) is 45.0 Å². The van der Waals surface area contributed by atoms with Crippen molar-refractivity contribution in [2.75, 3.05) is 13.2 Å². The Labute approximate surface area is 127 Å². The lowest BCUT2D eigenvalue weighted by Crippen LogP contribution is -2.51. The summed E-state index contributed by atoms with van der Waals surface area (Å²) in [5, 5.41) is 13.1. The average molecular weight is 284 g/mol. The molecule has 0 radical (unpaired) electrons. The second kappa shape index (κ2) is 6.60. The molecular formula is C18H24N2O. The SMILES string of the molecule is N#CC1(c2ccccc2)CC(NCCC2CCCCO2)C1. The molecule has 1 heterocycles. The predicted octanol–water partition coefficient (Wildman–Crippen LogP) is 3.16. The van der Waals surface area contributed by atoms with Gasteiger partial charge in [-0.1, -0.05) is 30.3 Å². The molecule has 0 amide bonds. The van der Waals surface area contributed by atoms with Crippen molar-refractivity contribution in [3.63, 3.8) is 0 Å².